The lowest BCUT2D eigenvalue weighted by atomic mass is 10.1. The smallest absolute Gasteiger partial charge is 0.341 e. The first kappa shape index (κ1) is 15.5. The van der Waals surface area contributed by atoms with Crippen molar-refractivity contribution in [2.45, 2.75) is 26.2 Å². The summed E-state index contributed by atoms with van der Waals surface area (Å²) < 4.78 is 19.8. The van der Waals surface area contributed by atoms with Crippen LogP contribution < -0.4 is 5.32 Å². The van der Waals surface area contributed by atoms with Crippen molar-refractivity contribution in [3.8, 4) is 0 Å². The van der Waals surface area contributed by atoms with E-state index in [-0.39, 0.29) is 11.8 Å². The van der Waals surface area contributed by atoms with Crippen molar-refractivity contribution in [1.82, 2.24) is 4.98 Å². The highest BCUT2D eigenvalue weighted by molar-refractivity contribution is 7.23. The lowest BCUT2D eigenvalue weighted by Gasteiger charge is -2.06. The standard InChI is InChI=1S/C17H15FN2O2S2/c1-2-22-16(21)13-9-5-3-7-11(9)23-15(13)20-17-19-14-10(18)6-4-8-12(14)24-17/h4,6,8H,2-3,5,7H2,1H3,(H,19,20). The van der Waals surface area contributed by atoms with E-state index in [0.29, 0.717) is 22.8 Å². The zero-order chi connectivity index (χ0) is 16.7. The molecule has 24 heavy (non-hydrogen) atoms. The molecule has 0 fully saturated rings. The second-order valence-electron chi connectivity index (χ2n) is 5.51. The molecule has 1 aliphatic rings. The van der Waals surface area contributed by atoms with Crippen LogP contribution in [0.15, 0.2) is 18.2 Å². The molecule has 1 aromatic carbocycles. The van der Waals surface area contributed by atoms with Gasteiger partial charge in [-0.25, -0.2) is 14.2 Å². The van der Waals surface area contributed by atoms with E-state index in [0.717, 1.165) is 34.5 Å². The average molecular weight is 362 g/mol. The summed E-state index contributed by atoms with van der Waals surface area (Å²) in [7, 11) is 0. The topological polar surface area (TPSA) is 51.2 Å². The maximum Gasteiger partial charge on any atom is 0.341 e. The number of halogens is 1. The number of para-hydroxylation sites is 1. The summed E-state index contributed by atoms with van der Waals surface area (Å²) in [4.78, 5) is 17.9. The number of fused-ring (bicyclic) bond motifs is 2. The number of rotatable bonds is 4. The van der Waals surface area contributed by atoms with Crippen LogP contribution in [0.1, 0.15) is 34.1 Å². The van der Waals surface area contributed by atoms with Gasteiger partial charge in [0.1, 0.15) is 16.3 Å². The van der Waals surface area contributed by atoms with Gasteiger partial charge in [-0.05, 0) is 43.9 Å². The quantitative estimate of drug-likeness (QED) is 0.670. The molecular weight excluding hydrogens is 347 g/mol. The van der Waals surface area contributed by atoms with E-state index in [9.17, 15) is 9.18 Å². The van der Waals surface area contributed by atoms with Crippen molar-refractivity contribution in [3.63, 3.8) is 0 Å². The summed E-state index contributed by atoms with van der Waals surface area (Å²) in [6, 6.07) is 4.90. The van der Waals surface area contributed by atoms with Crippen molar-refractivity contribution in [2.24, 2.45) is 0 Å². The van der Waals surface area contributed by atoms with Crippen molar-refractivity contribution in [3.05, 3.63) is 40.0 Å². The third-order valence-electron chi connectivity index (χ3n) is 3.99. The number of nitrogens with zero attached hydrogens (tertiary/aromatic N) is 1. The van der Waals surface area contributed by atoms with Gasteiger partial charge in [0.25, 0.3) is 0 Å². The van der Waals surface area contributed by atoms with Crippen LogP contribution in [-0.2, 0) is 17.6 Å². The van der Waals surface area contributed by atoms with Gasteiger partial charge in [0.2, 0.25) is 0 Å². The SMILES string of the molecule is CCOC(=O)c1c(Nc2nc3c(F)cccc3s2)sc2c1CCC2. The van der Waals surface area contributed by atoms with Crippen molar-refractivity contribution in [2.75, 3.05) is 11.9 Å². The maximum atomic E-state index is 13.8. The van der Waals surface area contributed by atoms with E-state index >= 15 is 0 Å². The fourth-order valence-electron chi connectivity index (χ4n) is 2.98. The van der Waals surface area contributed by atoms with Gasteiger partial charge in [-0.2, -0.15) is 0 Å². The van der Waals surface area contributed by atoms with Gasteiger partial charge in [0.15, 0.2) is 5.13 Å². The number of thiophene rings is 1. The van der Waals surface area contributed by atoms with E-state index < -0.39 is 0 Å². The molecule has 0 saturated heterocycles. The number of aromatic nitrogens is 1. The Balaban J connectivity index is 1.73. The first-order valence-corrected chi connectivity index (χ1v) is 9.44. The minimum absolute atomic E-state index is 0.299. The van der Waals surface area contributed by atoms with Gasteiger partial charge in [0, 0.05) is 4.88 Å². The van der Waals surface area contributed by atoms with Gasteiger partial charge in [0.05, 0.1) is 16.9 Å². The molecular formula is C17H15FN2O2S2. The summed E-state index contributed by atoms with van der Waals surface area (Å²) in [5.74, 6) is -0.636. The van der Waals surface area contributed by atoms with Crippen molar-refractivity contribution >= 4 is 49.0 Å². The third-order valence-corrected chi connectivity index (χ3v) is 6.13. The number of ether oxygens (including phenoxy) is 1. The zero-order valence-corrected chi connectivity index (χ0v) is 14.7. The van der Waals surface area contributed by atoms with E-state index in [1.54, 1.807) is 24.3 Å². The summed E-state index contributed by atoms with van der Waals surface area (Å²) in [6.45, 7) is 2.14. The molecule has 2 aromatic heterocycles. The number of carbonyl (C=O) groups is 1. The van der Waals surface area contributed by atoms with Crippen LogP contribution in [0.25, 0.3) is 10.2 Å². The average Bonchev–Trinajstić information content (AvgIpc) is 3.21. The van der Waals surface area contributed by atoms with Gasteiger partial charge in [-0.3, -0.25) is 0 Å². The number of esters is 1. The summed E-state index contributed by atoms with van der Waals surface area (Å²) >= 11 is 2.95. The van der Waals surface area contributed by atoms with E-state index in [1.807, 2.05) is 6.07 Å². The monoisotopic (exact) mass is 362 g/mol. The number of benzene rings is 1. The fraction of sp³-hybridized carbons (Fsp3) is 0.294. The molecule has 4 nitrogen and oxygen atoms in total. The normalized spacial score (nSPS) is 13.2. The number of thiazole rings is 1. The molecule has 0 saturated carbocycles. The van der Waals surface area contributed by atoms with Crippen LogP contribution in [0.4, 0.5) is 14.5 Å². The summed E-state index contributed by atoms with van der Waals surface area (Å²) in [5, 5.41) is 4.55. The lowest BCUT2D eigenvalue weighted by Crippen LogP contribution is -2.08. The molecule has 0 spiro atoms. The Kier molecular flexibility index (Phi) is 3.97. The van der Waals surface area contributed by atoms with E-state index in [2.05, 4.69) is 10.3 Å². The van der Waals surface area contributed by atoms with Crippen LogP contribution in [0.5, 0.6) is 0 Å². The molecule has 2 heterocycles. The summed E-state index contributed by atoms with van der Waals surface area (Å²) in [5.41, 5.74) is 2.06. The predicted molar refractivity (Wildman–Crippen MR) is 95.2 cm³/mol. The molecule has 4 rings (SSSR count). The molecule has 0 aliphatic heterocycles. The van der Waals surface area contributed by atoms with Gasteiger partial charge >= 0.3 is 5.97 Å². The Bertz CT molecular complexity index is 932. The van der Waals surface area contributed by atoms with Crippen LogP contribution in [0.3, 0.4) is 0 Å². The number of anilines is 2. The molecule has 0 atom stereocenters. The van der Waals surface area contributed by atoms with E-state index in [4.69, 9.17) is 4.74 Å². The lowest BCUT2D eigenvalue weighted by molar-refractivity contribution is 0.0527. The van der Waals surface area contributed by atoms with Gasteiger partial charge < -0.3 is 10.1 Å². The van der Waals surface area contributed by atoms with Crippen LogP contribution in [0.2, 0.25) is 0 Å². The molecule has 0 unspecified atom stereocenters. The predicted octanol–water partition coefficient (Wildman–Crippen LogP) is 4.91. The highest BCUT2D eigenvalue weighted by atomic mass is 32.1. The molecule has 3 aromatic rings. The molecule has 0 amide bonds. The summed E-state index contributed by atoms with van der Waals surface area (Å²) in [6.07, 6.45) is 2.96. The maximum absolute atomic E-state index is 13.8. The largest absolute Gasteiger partial charge is 0.462 e. The highest BCUT2D eigenvalue weighted by Gasteiger charge is 2.28. The van der Waals surface area contributed by atoms with Crippen LogP contribution in [-0.4, -0.2) is 17.6 Å². The second-order valence-corrected chi connectivity index (χ2v) is 7.65. The first-order chi connectivity index (χ1) is 11.7. The fourth-order valence-corrected chi connectivity index (χ4v) is 5.20. The van der Waals surface area contributed by atoms with Gasteiger partial charge in [-0.15, -0.1) is 11.3 Å². The van der Waals surface area contributed by atoms with Crippen LogP contribution >= 0.6 is 22.7 Å². The molecule has 1 aliphatic carbocycles. The Labute approximate surface area is 146 Å². The minimum atomic E-state index is -0.337. The minimum Gasteiger partial charge on any atom is -0.462 e. The zero-order valence-electron chi connectivity index (χ0n) is 13.0. The van der Waals surface area contributed by atoms with Crippen LogP contribution in [0, 0.1) is 5.82 Å². The van der Waals surface area contributed by atoms with Crippen molar-refractivity contribution in [1.29, 1.82) is 0 Å². The van der Waals surface area contributed by atoms with Gasteiger partial charge in [-0.1, -0.05) is 17.4 Å². The molecule has 1 N–H and O–H groups in total. The number of aryl methyl sites for hydroxylation is 1. The highest BCUT2D eigenvalue weighted by Crippen LogP contribution is 2.41. The number of carbonyl (C=O) groups excluding carboxylic acids is 1. The molecule has 0 bridgehead atoms. The Morgan fingerprint density at radius 1 is 1.38 bits per heavy atom. The molecule has 7 heteroatoms. The number of nitrogens with one attached hydrogen (secondary N) is 1. The number of hydrogen-bond donors (Lipinski definition) is 1. The number of hydrogen-bond acceptors (Lipinski definition) is 6. The molecule has 0 radical (unpaired) electrons. The molecule has 124 valence electrons. The Hall–Kier alpha value is -1.99. The second kappa shape index (κ2) is 6.14. The first-order valence-electron chi connectivity index (χ1n) is 7.81. The van der Waals surface area contributed by atoms with Crippen molar-refractivity contribution < 1.29 is 13.9 Å². The Morgan fingerprint density at radius 2 is 2.25 bits per heavy atom. The van der Waals surface area contributed by atoms with E-state index in [1.165, 1.54) is 22.3 Å². The third kappa shape index (κ3) is 2.57. The Morgan fingerprint density at radius 3 is 3.04 bits per heavy atom.